The molecule has 4 heteroatoms. The van der Waals surface area contributed by atoms with Gasteiger partial charge >= 0.3 is 0 Å². The Labute approximate surface area is 91.8 Å². The molecular formula is C11H10N2OS. The van der Waals surface area contributed by atoms with Crippen LogP contribution in [0.3, 0.4) is 0 Å². The van der Waals surface area contributed by atoms with E-state index in [4.69, 9.17) is 0 Å². The molecule has 0 saturated heterocycles. The maximum Gasteiger partial charge on any atom is 0.173 e. The van der Waals surface area contributed by atoms with E-state index >= 15 is 0 Å². The molecule has 0 aliphatic carbocycles. The van der Waals surface area contributed by atoms with E-state index in [0.29, 0.717) is 12.2 Å². The van der Waals surface area contributed by atoms with Gasteiger partial charge in [-0.2, -0.15) is 0 Å². The van der Waals surface area contributed by atoms with Gasteiger partial charge in [0.25, 0.3) is 0 Å². The lowest BCUT2D eigenvalue weighted by molar-refractivity contribution is 0.0992. The van der Waals surface area contributed by atoms with E-state index in [1.54, 1.807) is 18.5 Å². The van der Waals surface area contributed by atoms with Gasteiger partial charge in [0.05, 0.1) is 4.88 Å². The molecule has 2 aromatic rings. The molecule has 3 nitrogen and oxygen atoms in total. The Morgan fingerprint density at radius 3 is 2.80 bits per heavy atom. The summed E-state index contributed by atoms with van der Waals surface area (Å²) < 4.78 is 0. The summed E-state index contributed by atoms with van der Waals surface area (Å²) in [6.45, 7) is 1.86. The lowest BCUT2D eigenvalue weighted by Gasteiger charge is -1.99. The summed E-state index contributed by atoms with van der Waals surface area (Å²) in [5, 5.41) is 1.90. The van der Waals surface area contributed by atoms with E-state index in [1.165, 1.54) is 11.3 Å². The smallest absolute Gasteiger partial charge is 0.173 e. The van der Waals surface area contributed by atoms with Crippen molar-refractivity contribution in [3.63, 3.8) is 0 Å². The average molecular weight is 218 g/mol. The third kappa shape index (κ3) is 1.94. The van der Waals surface area contributed by atoms with Gasteiger partial charge in [-0.05, 0) is 17.5 Å². The van der Waals surface area contributed by atoms with Crippen molar-refractivity contribution in [2.24, 2.45) is 0 Å². The van der Waals surface area contributed by atoms with Gasteiger partial charge in [0, 0.05) is 24.4 Å². The Kier molecular flexibility index (Phi) is 2.87. The van der Waals surface area contributed by atoms with Crippen LogP contribution in [0.1, 0.15) is 23.0 Å². The van der Waals surface area contributed by atoms with E-state index in [9.17, 15) is 4.79 Å². The number of thiophene rings is 1. The molecule has 2 aromatic heterocycles. The normalized spacial score (nSPS) is 10.2. The van der Waals surface area contributed by atoms with E-state index < -0.39 is 0 Å². The monoisotopic (exact) mass is 218 g/mol. The van der Waals surface area contributed by atoms with Crippen molar-refractivity contribution < 1.29 is 4.79 Å². The van der Waals surface area contributed by atoms with Crippen LogP contribution in [0.4, 0.5) is 0 Å². The molecule has 0 saturated carbocycles. The minimum absolute atomic E-state index is 0.146. The van der Waals surface area contributed by atoms with Gasteiger partial charge in [-0.3, -0.25) is 4.79 Å². The van der Waals surface area contributed by atoms with Crippen LogP contribution < -0.4 is 0 Å². The number of rotatable bonds is 3. The first kappa shape index (κ1) is 9.98. The van der Waals surface area contributed by atoms with Crippen molar-refractivity contribution >= 4 is 17.1 Å². The van der Waals surface area contributed by atoms with Crippen LogP contribution in [-0.2, 0) is 0 Å². The predicted octanol–water partition coefficient (Wildman–Crippen LogP) is 2.80. The van der Waals surface area contributed by atoms with E-state index in [-0.39, 0.29) is 5.78 Å². The van der Waals surface area contributed by atoms with Gasteiger partial charge in [0.1, 0.15) is 0 Å². The van der Waals surface area contributed by atoms with Gasteiger partial charge in [0.2, 0.25) is 0 Å². The Hall–Kier alpha value is -1.55. The van der Waals surface area contributed by atoms with Crippen LogP contribution >= 0.6 is 11.3 Å². The highest BCUT2D eigenvalue weighted by molar-refractivity contribution is 7.12. The quantitative estimate of drug-likeness (QED) is 0.744. The highest BCUT2D eigenvalue weighted by atomic mass is 32.1. The largest absolute Gasteiger partial charge is 0.293 e. The number of carbonyl (C=O) groups is 1. The zero-order valence-electron chi connectivity index (χ0n) is 8.30. The number of ketones is 1. The summed E-state index contributed by atoms with van der Waals surface area (Å²) >= 11 is 1.45. The van der Waals surface area contributed by atoms with Crippen LogP contribution in [-0.4, -0.2) is 15.8 Å². The minimum Gasteiger partial charge on any atom is -0.293 e. The van der Waals surface area contributed by atoms with Crippen LogP contribution in [0.15, 0.2) is 29.9 Å². The number of Topliss-reactive ketones (excluding diaryl/α,β-unsaturated/α-hetero) is 1. The van der Waals surface area contributed by atoms with Crippen molar-refractivity contribution in [2.75, 3.05) is 0 Å². The first-order valence-electron chi connectivity index (χ1n) is 4.71. The fraction of sp³-hybridized carbons (Fsp3) is 0.182. The summed E-state index contributed by atoms with van der Waals surface area (Å²) in [5.74, 6) is 0.767. The van der Waals surface area contributed by atoms with E-state index in [0.717, 1.165) is 10.4 Å². The van der Waals surface area contributed by atoms with Crippen molar-refractivity contribution in [1.29, 1.82) is 0 Å². The van der Waals surface area contributed by atoms with Gasteiger partial charge in [-0.25, -0.2) is 9.97 Å². The minimum atomic E-state index is 0.146. The Balaban J connectivity index is 2.46. The SMILES string of the molecule is CCC(=O)c1sccc1-c1ncccn1. The van der Waals surface area contributed by atoms with Crippen molar-refractivity contribution in [3.8, 4) is 11.4 Å². The Morgan fingerprint density at radius 2 is 2.13 bits per heavy atom. The molecule has 0 radical (unpaired) electrons. The van der Waals surface area contributed by atoms with Gasteiger partial charge < -0.3 is 0 Å². The van der Waals surface area contributed by atoms with Crippen LogP contribution in [0.5, 0.6) is 0 Å². The van der Waals surface area contributed by atoms with E-state index in [1.807, 2.05) is 18.4 Å². The summed E-state index contributed by atoms with van der Waals surface area (Å²) in [5.41, 5.74) is 0.840. The molecule has 2 rings (SSSR count). The summed E-state index contributed by atoms with van der Waals surface area (Å²) in [4.78, 5) is 20.7. The molecule has 0 bridgehead atoms. The predicted molar refractivity (Wildman–Crippen MR) is 60.0 cm³/mol. The maximum atomic E-state index is 11.6. The molecule has 0 aliphatic rings. The highest BCUT2D eigenvalue weighted by Crippen LogP contribution is 2.26. The molecule has 15 heavy (non-hydrogen) atoms. The molecule has 0 N–H and O–H groups in total. The van der Waals surface area contributed by atoms with Crippen molar-refractivity contribution in [2.45, 2.75) is 13.3 Å². The number of hydrogen-bond donors (Lipinski definition) is 0. The second-order valence-corrected chi connectivity index (χ2v) is 3.93. The fourth-order valence-corrected chi connectivity index (χ4v) is 2.20. The van der Waals surface area contributed by atoms with Crippen LogP contribution in [0.2, 0.25) is 0 Å². The fourth-order valence-electron chi connectivity index (χ4n) is 1.30. The molecule has 76 valence electrons. The molecule has 0 unspecified atom stereocenters. The summed E-state index contributed by atoms with van der Waals surface area (Å²) in [6.07, 6.45) is 3.88. The third-order valence-electron chi connectivity index (χ3n) is 2.05. The molecule has 0 amide bonds. The third-order valence-corrected chi connectivity index (χ3v) is 3.00. The number of hydrogen-bond acceptors (Lipinski definition) is 4. The molecule has 0 aliphatic heterocycles. The summed E-state index contributed by atoms with van der Waals surface area (Å²) in [6, 6.07) is 3.65. The molecule has 0 fully saturated rings. The molecular weight excluding hydrogens is 208 g/mol. The second kappa shape index (κ2) is 4.31. The van der Waals surface area contributed by atoms with Gasteiger partial charge in [-0.1, -0.05) is 6.92 Å². The van der Waals surface area contributed by atoms with Crippen LogP contribution in [0, 0.1) is 0 Å². The highest BCUT2D eigenvalue weighted by Gasteiger charge is 2.14. The topological polar surface area (TPSA) is 42.9 Å². The van der Waals surface area contributed by atoms with E-state index in [2.05, 4.69) is 9.97 Å². The number of aromatic nitrogens is 2. The summed E-state index contributed by atoms with van der Waals surface area (Å²) in [7, 11) is 0. The number of nitrogens with zero attached hydrogens (tertiary/aromatic N) is 2. The van der Waals surface area contributed by atoms with Gasteiger partial charge in [-0.15, -0.1) is 11.3 Å². The van der Waals surface area contributed by atoms with Gasteiger partial charge in [0.15, 0.2) is 11.6 Å². The second-order valence-electron chi connectivity index (χ2n) is 3.01. The first-order chi connectivity index (χ1) is 7.33. The lowest BCUT2D eigenvalue weighted by atomic mass is 10.1. The molecule has 0 spiro atoms. The Morgan fingerprint density at radius 1 is 1.40 bits per heavy atom. The van der Waals surface area contributed by atoms with Crippen LogP contribution in [0.25, 0.3) is 11.4 Å². The van der Waals surface area contributed by atoms with Crippen molar-refractivity contribution in [1.82, 2.24) is 9.97 Å². The zero-order chi connectivity index (χ0) is 10.7. The number of carbonyl (C=O) groups excluding carboxylic acids is 1. The first-order valence-corrected chi connectivity index (χ1v) is 5.59. The zero-order valence-corrected chi connectivity index (χ0v) is 9.12. The lowest BCUT2D eigenvalue weighted by Crippen LogP contribution is -1.96. The molecule has 2 heterocycles. The van der Waals surface area contributed by atoms with Crippen molar-refractivity contribution in [3.05, 3.63) is 34.8 Å². The standard InChI is InChI=1S/C11H10N2OS/c1-2-9(14)10-8(4-7-15-10)11-12-5-3-6-13-11/h3-7H,2H2,1H3. The maximum absolute atomic E-state index is 11.6. The molecule has 0 aromatic carbocycles. The Bertz CT molecular complexity index is 464. The average Bonchev–Trinajstić information content (AvgIpc) is 2.78. The molecule has 0 atom stereocenters.